The van der Waals surface area contributed by atoms with Gasteiger partial charge in [0.15, 0.2) is 0 Å². The summed E-state index contributed by atoms with van der Waals surface area (Å²) in [6.45, 7) is 13.3. The number of methoxy groups -OCH3 is 2. The first kappa shape index (κ1) is 26.5. The van der Waals surface area contributed by atoms with Crippen molar-refractivity contribution in [2.24, 2.45) is 5.92 Å². The van der Waals surface area contributed by atoms with E-state index in [-0.39, 0.29) is 5.43 Å². The van der Waals surface area contributed by atoms with Crippen molar-refractivity contribution in [2.45, 2.75) is 40.8 Å². The second-order valence-corrected chi connectivity index (χ2v) is 17.6. The van der Waals surface area contributed by atoms with E-state index < -0.39 is 0 Å². The third kappa shape index (κ3) is 7.12. The molecule has 0 heterocycles. The van der Waals surface area contributed by atoms with Gasteiger partial charge in [-0.05, 0) is 12.1 Å². The fourth-order valence-corrected chi connectivity index (χ4v) is 3.53. The third-order valence-electron chi connectivity index (χ3n) is 5.58. The van der Waals surface area contributed by atoms with Crippen LogP contribution < -0.4 is 9.47 Å². The molecule has 0 spiro atoms. The number of benzene rings is 2. The molecule has 0 amide bonds. The molecule has 1 unspecified atom stereocenters. The maximum absolute atomic E-state index is 5.33. The van der Waals surface area contributed by atoms with E-state index >= 15 is 0 Å². The van der Waals surface area contributed by atoms with Gasteiger partial charge in [0, 0.05) is 6.07 Å². The second kappa shape index (κ2) is 12.5. The van der Waals surface area contributed by atoms with Crippen molar-refractivity contribution in [3.63, 3.8) is 0 Å². The molecule has 3 aromatic carbocycles. The van der Waals surface area contributed by atoms with E-state index in [1.165, 1.54) is 33.1 Å². The quantitative estimate of drug-likeness (QED) is 0.259. The van der Waals surface area contributed by atoms with E-state index in [9.17, 15) is 0 Å². The molecule has 0 N–H and O–H groups in total. The Kier molecular flexibility index (Phi) is 10.3. The van der Waals surface area contributed by atoms with Gasteiger partial charge in [-0.15, -0.1) is 53.6 Å². The Bertz CT molecular complexity index is 1110. The zero-order chi connectivity index (χ0) is 23.8. The summed E-state index contributed by atoms with van der Waals surface area (Å²) < 4.78 is 10.7. The average Bonchev–Trinajstić information content (AvgIpc) is 3.30. The molecule has 4 heteroatoms. The Labute approximate surface area is 209 Å². The van der Waals surface area contributed by atoms with Gasteiger partial charge >= 0.3 is 41.9 Å². The predicted octanol–water partition coefficient (Wildman–Crippen LogP) is 7.75. The van der Waals surface area contributed by atoms with Crippen LogP contribution in [-0.2, 0) is 23.3 Å². The molecule has 4 rings (SSSR count). The van der Waals surface area contributed by atoms with Crippen molar-refractivity contribution in [2.75, 3.05) is 14.2 Å². The average molecular weight is 522 g/mol. The summed E-state index contributed by atoms with van der Waals surface area (Å²) in [5.74, 6) is 2.17. The van der Waals surface area contributed by atoms with Crippen LogP contribution in [0.4, 0.5) is 0 Å². The minimum atomic E-state index is 0.210. The first-order valence-corrected chi connectivity index (χ1v) is 17.0. The zero-order valence-electron chi connectivity index (χ0n) is 20.6. The normalized spacial score (nSPS) is 14.8. The van der Waals surface area contributed by atoms with E-state index in [4.69, 9.17) is 9.47 Å². The van der Waals surface area contributed by atoms with E-state index in [1.54, 1.807) is 37.6 Å². The van der Waals surface area contributed by atoms with E-state index in [1.807, 2.05) is 18.2 Å². The molecule has 0 radical (unpaired) electrons. The summed E-state index contributed by atoms with van der Waals surface area (Å²) in [5, 5.41) is 2.50. The number of fused-ring (bicyclic) bond motifs is 1. The van der Waals surface area contributed by atoms with Gasteiger partial charge in [-0.25, -0.2) is 5.57 Å². The second-order valence-electron chi connectivity index (χ2n) is 8.23. The van der Waals surface area contributed by atoms with Crippen molar-refractivity contribution in [3.05, 3.63) is 77.4 Å². The van der Waals surface area contributed by atoms with Crippen molar-refractivity contribution in [1.82, 2.24) is 0 Å². The molecular formula is C28H34O2SiZr. The Balaban J connectivity index is 0.000000233. The van der Waals surface area contributed by atoms with Crippen LogP contribution in [0.5, 0.6) is 11.5 Å². The van der Waals surface area contributed by atoms with Gasteiger partial charge in [0.2, 0.25) is 0 Å². The Morgan fingerprint density at radius 2 is 1.53 bits per heavy atom. The van der Waals surface area contributed by atoms with Gasteiger partial charge in [0.1, 0.15) is 11.5 Å². The van der Waals surface area contributed by atoms with Gasteiger partial charge in [0.05, 0.1) is 14.2 Å². The summed E-state index contributed by atoms with van der Waals surface area (Å²) in [4.78, 5) is 0. The minimum absolute atomic E-state index is 0.210. The first-order valence-electron chi connectivity index (χ1n) is 10.8. The van der Waals surface area contributed by atoms with Crippen LogP contribution in [0.25, 0.3) is 21.9 Å². The summed E-state index contributed by atoms with van der Waals surface area (Å²) >= 11 is 1.74. The standard InChI is InChI=1S/C17H15O2.C9H13.C2H6Si.Zr/c1-18-14-9-13(10-15(11-14)19-2)17-8-7-12-5-3-4-6-16(12)17;1-6-5-7(2)9(4)8(6)3;1-3-2;/h3-11H,1-2H3;6H,1-4H3;1-2H3;/q2*-1;;+2. The molecule has 0 bridgehead atoms. The molecule has 1 aliphatic rings. The zero-order valence-corrected chi connectivity index (χ0v) is 24.0. The molecule has 166 valence electrons. The van der Waals surface area contributed by atoms with E-state index in [0.717, 1.165) is 17.1 Å². The van der Waals surface area contributed by atoms with Gasteiger partial charge in [-0.3, -0.25) is 6.08 Å². The topological polar surface area (TPSA) is 18.5 Å². The summed E-state index contributed by atoms with van der Waals surface area (Å²) in [5.41, 5.74) is 6.77. The Hall–Kier alpha value is -1.77. The van der Waals surface area contributed by atoms with Crippen molar-refractivity contribution < 1.29 is 32.8 Å². The Morgan fingerprint density at radius 1 is 0.969 bits per heavy atom. The first-order chi connectivity index (χ1) is 15.2. The third-order valence-corrected chi connectivity index (χ3v) is 5.58. The molecule has 0 aliphatic heterocycles. The number of allylic oxidation sites excluding steroid dienone is 4. The molecule has 3 aromatic rings. The maximum atomic E-state index is 5.33. The fourth-order valence-electron chi connectivity index (χ4n) is 3.53. The monoisotopic (exact) mass is 520 g/mol. The summed E-state index contributed by atoms with van der Waals surface area (Å²) in [6, 6.07) is 18.6. The van der Waals surface area contributed by atoms with Crippen LogP contribution in [0.15, 0.2) is 71.3 Å². The molecule has 1 atom stereocenters. The predicted molar refractivity (Wildman–Crippen MR) is 136 cm³/mol. The molecule has 0 aromatic heterocycles. The van der Waals surface area contributed by atoms with Crippen LogP contribution in [0.3, 0.4) is 0 Å². The SMILES string of the molecule is CC1=[C-]C(C)C(C)=C1C.COc1cc(OC)cc(-c2c[cH-]c3ccccc23)c1.C[Si](C)=[Zr+2]. The van der Waals surface area contributed by atoms with Gasteiger partial charge in [-0.2, -0.15) is 11.1 Å². The Morgan fingerprint density at radius 3 is 1.97 bits per heavy atom. The molecular weight excluding hydrogens is 488 g/mol. The summed E-state index contributed by atoms with van der Waals surface area (Å²) in [6.07, 6.45) is 3.36. The molecule has 0 saturated heterocycles. The van der Waals surface area contributed by atoms with Gasteiger partial charge in [-0.1, -0.05) is 38.3 Å². The molecule has 0 fully saturated rings. The number of ether oxygens (including phenoxy) is 2. The van der Waals surface area contributed by atoms with Crippen molar-refractivity contribution in [1.29, 1.82) is 0 Å². The van der Waals surface area contributed by atoms with Crippen LogP contribution in [-0.4, -0.2) is 19.7 Å². The molecule has 1 aliphatic carbocycles. The molecule has 32 heavy (non-hydrogen) atoms. The molecule has 2 nitrogen and oxygen atoms in total. The van der Waals surface area contributed by atoms with E-state index in [2.05, 4.69) is 83.3 Å². The van der Waals surface area contributed by atoms with Crippen molar-refractivity contribution >= 4 is 16.2 Å². The van der Waals surface area contributed by atoms with Gasteiger partial charge < -0.3 is 9.47 Å². The number of rotatable bonds is 3. The summed E-state index contributed by atoms with van der Waals surface area (Å²) in [7, 11) is 3.34. The van der Waals surface area contributed by atoms with Crippen molar-refractivity contribution in [3.8, 4) is 22.6 Å². The number of hydrogen-bond acceptors (Lipinski definition) is 2. The van der Waals surface area contributed by atoms with Gasteiger partial charge in [0.25, 0.3) is 0 Å². The van der Waals surface area contributed by atoms with Crippen LogP contribution in [0.1, 0.15) is 27.7 Å². The van der Waals surface area contributed by atoms with Crippen LogP contribution >= 0.6 is 0 Å². The fraction of sp³-hybridized carbons (Fsp3) is 0.321. The number of hydrogen-bond donors (Lipinski definition) is 0. The van der Waals surface area contributed by atoms with Crippen LogP contribution in [0.2, 0.25) is 13.1 Å². The van der Waals surface area contributed by atoms with E-state index in [0.29, 0.717) is 5.92 Å². The van der Waals surface area contributed by atoms with Crippen LogP contribution in [0, 0.1) is 12.0 Å². The molecule has 0 saturated carbocycles.